The van der Waals surface area contributed by atoms with Crippen LogP contribution >= 0.6 is 11.3 Å². The Morgan fingerprint density at radius 2 is 2.14 bits per heavy atom. The van der Waals surface area contributed by atoms with Gasteiger partial charge in [0.15, 0.2) is 0 Å². The molecule has 0 radical (unpaired) electrons. The second-order valence-corrected chi connectivity index (χ2v) is 5.67. The molecule has 0 fully saturated rings. The molecule has 1 N–H and O–H groups in total. The van der Waals surface area contributed by atoms with Gasteiger partial charge in [-0.15, -0.1) is 11.3 Å². The van der Waals surface area contributed by atoms with Gasteiger partial charge in [-0.3, -0.25) is 4.79 Å². The van der Waals surface area contributed by atoms with Crippen LogP contribution in [0.1, 0.15) is 5.56 Å². The van der Waals surface area contributed by atoms with Crippen LogP contribution in [0.5, 0.6) is 0 Å². The van der Waals surface area contributed by atoms with E-state index in [0.717, 1.165) is 22.0 Å². The van der Waals surface area contributed by atoms with E-state index in [4.69, 9.17) is 0 Å². The molecule has 4 nitrogen and oxygen atoms in total. The van der Waals surface area contributed by atoms with Crippen LogP contribution in [0.15, 0.2) is 54.2 Å². The molecule has 0 atom stereocenters. The van der Waals surface area contributed by atoms with E-state index in [-0.39, 0.29) is 12.5 Å². The van der Waals surface area contributed by atoms with Crippen LogP contribution in [-0.2, 0) is 11.3 Å². The first-order chi connectivity index (χ1) is 10.2. The third-order valence-electron chi connectivity index (χ3n) is 3.19. The number of carbonyl (C=O) groups excluding carboxylic acids is 1. The average molecular weight is 297 g/mol. The van der Waals surface area contributed by atoms with E-state index in [0.29, 0.717) is 0 Å². The topological polar surface area (TPSA) is 46.9 Å². The molecular formula is C16H15N3OS. The molecule has 0 saturated carbocycles. The first-order valence-corrected chi connectivity index (χ1v) is 7.52. The molecule has 5 heteroatoms. The summed E-state index contributed by atoms with van der Waals surface area (Å²) in [6.45, 7) is 2.23. The van der Waals surface area contributed by atoms with Crippen LogP contribution in [0.4, 0.5) is 5.69 Å². The van der Waals surface area contributed by atoms with Crippen molar-refractivity contribution in [3.63, 3.8) is 0 Å². The van der Waals surface area contributed by atoms with Crippen molar-refractivity contribution in [2.24, 2.45) is 0 Å². The molecule has 3 aromatic rings. The molecule has 2 aromatic heterocycles. The quantitative estimate of drug-likeness (QED) is 0.800. The molecule has 0 bridgehead atoms. The van der Waals surface area contributed by atoms with Crippen LogP contribution in [-0.4, -0.2) is 15.5 Å². The van der Waals surface area contributed by atoms with Crippen molar-refractivity contribution in [2.45, 2.75) is 13.5 Å². The third kappa shape index (κ3) is 3.03. The van der Waals surface area contributed by atoms with Crippen molar-refractivity contribution < 1.29 is 4.79 Å². The van der Waals surface area contributed by atoms with Crippen LogP contribution in [0, 0.1) is 6.92 Å². The van der Waals surface area contributed by atoms with Gasteiger partial charge in [0.05, 0.1) is 4.88 Å². The van der Waals surface area contributed by atoms with Crippen molar-refractivity contribution in [1.29, 1.82) is 0 Å². The van der Waals surface area contributed by atoms with E-state index in [2.05, 4.69) is 10.3 Å². The Morgan fingerprint density at radius 3 is 2.90 bits per heavy atom. The molecular weight excluding hydrogens is 282 g/mol. The van der Waals surface area contributed by atoms with Gasteiger partial charge in [0.1, 0.15) is 12.4 Å². The molecule has 106 valence electrons. The Morgan fingerprint density at radius 1 is 1.29 bits per heavy atom. The molecule has 0 aliphatic carbocycles. The zero-order valence-corrected chi connectivity index (χ0v) is 12.4. The summed E-state index contributed by atoms with van der Waals surface area (Å²) in [5.74, 6) is 0.769. The molecule has 21 heavy (non-hydrogen) atoms. The van der Waals surface area contributed by atoms with Crippen molar-refractivity contribution in [1.82, 2.24) is 9.55 Å². The van der Waals surface area contributed by atoms with Crippen molar-refractivity contribution in [3.05, 3.63) is 59.7 Å². The highest BCUT2D eigenvalue weighted by Crippen LogP contribution is 2.23. The summed E-state index contributed by atoms with van der Waals surface area (Å²) in [6.07, 6.45) is 3.54. The summed E-state index contributed by atoms with van der Waals surface area (Å²) in [4.78, 5) is 17.6. The summed E-state index contributed by atoms with van der Waals surface area (Å²) in [5, 5.41) is 4.94. The van der Waals surface area contributed by atoms with Crippen LogP contribution < -0.4 is 5.32 Å². The minimum atomic E-state index is -0.0555. The van der Waals surface area contributed by atoms with Gasteiger partial charge in [-0.1, -0.05) is 24.3 Å². The highest BCUT2D eigenvalue weighted by Gasteiger charge is 2.11. The molecule has 1 aromatic carbocycles. The normalized spacial score (nSPS) is 10.5. The summed E-state index contributed by atoms with van der Waals surface area (Å²) >= 11 is 1.61. The number of para-hydroxylation sites is 1. The molecule has 2 heterocycles. The monoisotopic (exact) mass is 297 g/mol. The smallest absolute Gasteiger partial charge is 0.244 e. The van der Waals surface area contributed by atoms with Gasteiger partial charge >= 0.3 is 0 Å². The maximum atomic E-state index is 12.2. The zero-order chi connectivity index (χ0) is 14.7. The minimum absolute atomic E-state index is 0.0555. The SMILES string of the molecule is Cc1ccccc1NC(=O)Cn1ccnc1-c1cccs1. The highest BCUT2D eigenvalue weighted by atomic mass is 32.1. The van der Waals surface area contributed by atoms with Crippen LogP contribution in [0.3, 0.4) is 0 Å². The Balaban J connectivity index is 1.74. The van der Waals surface area contributed by atoms with Crippen molar-refractivity contribution in [2.75, 3.05) is 5.32 Å². The van der Waals surface area contributed by atoms with E-state index in [1.807, 2.05) is 59.5 Å². The first kappa shape index (κ1) is 13.6. The maximum absolute atomic E-state index is 12.2. The second kappa shape index (κ2) is 5.93. The summed E-state index contributed by atoms with van der Waals surface area (Å²) in [7, 11) is 0. The number of imidazole rings is 1. The number of benzene rings is 1. The summed E-state index contributed by atoms with van der Waals surface area (Å²) in [5.41, 5.74) is 1.90. The van der Waals surface area contributed by atoms with Gasteiger partial charge in [0, 0.05) is 18.1 Å². The van der Waals surface area contributed by atoms with E-state index >= 15 is 0 Å². The maximum Gasteiger partial charge on any atom is 0.244 e. The Labute approximate surface area is 127 Å². The lowest BCUT2D eigenvalue weighted by molar-refractivity contribution is -0.116. The van der Waals surface area contributed by atoms with E-state index in [9.17, 15) is 4.79 Å². The van der Waals surface area contributed by atoms with Gasteiger partial charge < -0.3 is 9.88 Å². The number of carbonyl (C=O) groups is 1. The number of nitrogens with one attached hydrogen (secondary N) is 1. The van der Waals surface area contributed by atoms with E-state index < -0.39 is 0 Å². The summed E-state index contributed by atoms with van der Waals surface area (Å²) < 4.78 is 1.86. The molecule has 0 saturated heterocycles. The molecule has 0 unspecified atom stereocenters. The third-order valence-corrected chi connectivity index (χ3v) is 4.06. The standard InChI is InChI=1S/C16H15N3OS/c1-12-5-2-3-6-13(12)18-15(20)11-19-9-8-17-16(19)14-7-4-10-21-14/h2-10H,11H2,1H3,(H,18,20). The van der Waals surface area contributed by atoms with Crippen molar-refractivity contribution >= 4 is 22.9 Å². The fourth-order valence-electron chi connectivity index (χ4n) is 2.13. The predicted octanol–water partition coefficient (Wildman–Crippen LogP) is 3.56. The highest BCUT2D eigenvalue weighted by molar-refractivity contribution is 7.13. The van der Waals surface area contributed by atoms with Gasteiger partial charge in [-0.2, -0.15) is 0 Å². The molecule has 3 rings (SSSR count). The number of anilines is 1. The fraction of sp³-hybridized carbons (Fsp3) is 0.125. The number of rotatable bonds is 4. The lowest BCUT2D eigenvalue weighted by Crippen LogP contribution is -2.19. The molecule has 0 aliphatic heterocycles. The number of aromatic nitrogens is 2. The number of thiophene rings is 1. The predicted molar refractivity (Wildman–Crippen MR) is 85.3 cm³/mol. The minimum Gasteiger partial charge on any atom is -0.324 e. The van der Waals surface area contributed by atoms with E-state index in [1.165, 1.54) is 0 Å². The Hall–Kier alpha value is -2.40. The number of hydrogen-bond donors (Lipinski definition) is 1. The number of hydrogen-bond acceptors (Lipinski definition) is 3. The van der Waals surface area contributed by atoms with Crippen LogP contribution in [0.25, 0.3) is 10.7 Å². The molecule has 0 spiro atoms. The largest absolute Gasteiger partial charge is 0.324 e. The van der Waals surface area contributed by atoms with Crippen LogP contribution in [0.2, 0.25) is 0 Å². The lowest BCUT2D eigenvalue weighted by Gasteiger charge is -2.10. The van der Waals surface area contributed by atoms with Crippen molar-refractivity contribution in [3.8, 4) is 10.7 Å². The Bertz CT molecular complexity index is 746. The van der Waals surface area contributed by atoms with Gasteiger partial charge in [0.2, 0.25) is 5.91 Å². The fourth-order valence-corrected chi connectivity index (χ4v) is 2.86. The van der Waals surface area contributed by atoms with Gasteiger partial charge in [-0.05, 0) is 30.0 Å². The molecule has 0 aliphatic rings. The Kier molecular flexibility index (Phi) is 3.83. The lowest BCUT2D eigenvalue weighted by atomic mass is 10.2. The second-order valence-electron chi connectivity index (χ2n) is 4.72. The van der Waals surface area contributed by atoms with Gasteiger partial charge in [0.25, 0.3) is 0 Å². The van der Waals surface area contributed by atoms with E-state index in [1.54, 1.807) is 17.5 Å². The number of amides is 1. The number of aryl methyl sites for hydroxylation is 1. The molecule has 1 amide bonds. The van der Waals surface area contributed by atoms with Gasteiger partial charge in [-0.25, -0.2) is 4.98 Å². The summed E-state index contributed by atoms with van der Waals surface area (Å²) in [6, 6.07) is 11.7. The average Bonchev–Trinajstić information content (AvgIpc) is 3.11. The first-order valence-electron chi connectivity index (χ1n) is 6.64. The number of nitrogens with zero attached hydrogens (tertiary/aromatic N) is 2. The zero-order valence-electron chi connectivity index (χ0n) is 11.6.